The van der Waals surface area contributed by atoms with Crippen molar-refractivity contribution in [2.75, 3.05) is 6.54 Å². The molecule has 0 saturated carbocycles. The van der Waals surface area contributed by atoms with Crippen LogP contribution in [0.1, 0.15) is 23.9 Å². The van der Waals surface area contributed by atoms with E-state index >= 15 is 0 Å². The zero-order valence-corrected chi connectivity index (χ0v) is 12.8. The molecule has 8 heteroatoms. The average molecular weight is 310 g/mol. The summed E-state index contributed by atoms with van der Waals surface area (Å²) in [6.45, 7) is 3.50. The van der Waals surface area contributed by atoms with Crippen molar-refractivity contribution < 1.29 is 13.5 Å². The molecule has 114 valence electrons. The minimum atomic E-state index is -3.78. The Morgan fingerprint density at radius 3 is 2.71 bits per heavy atom. The predicted octanol–water partition coefficient (Wildman–Crippen LogP) is 0.816. The van der Waals surface area contributed by atoms with Crippen molar-refractivity contribution in [3.8, 4) is 0 Å². The van der Waals surface area contributed by atoms with Gasteiger partial charge in [0.2, 0.25) is 0 Å². The maximum Gasteiger partial charge on any atom is 0.263 e. The topological polar surface area (TPSA) is 99.2 Å². The van der Waals surface area contributed by atoms with Crippen molar-refractivity contribution in [3.63, 3.8) is 0 Å². The highest BCUT2D eigenvalue weighted by Gasteiger charge is 2.29. The number of nitrogens with one attached hydrogen (secondary N) is 1. The largest absolute Gasteiger partial charge is 0.392 e. The molecule has 0 aliphatic rings. The molecule has 0 aliphatic carbocycles. The van der Waals surface area contributed by atoms with E-state index in [1.165, 1.54) is 4.31 Å². The molecule has 21 heavy (non-hydrogen) atoms. The van der Waals surface area contributed by atoms with Crippen LogP contribution >= 0.6 is 0 Å². The van der Waals surface area contributed by atoms with E-state index in [0.717, 1.165) is 0 Å². The van der Waals surface area contributed by atoms with Gasteiger partial charge in [-0.3, -0.25) is 10.1 Å². The molecule has 2 N–H and O–H groups in total. The van der Waals surface area contributed by atoms with Gasteiger partial charge in [-0.2, -0.15) is 9.40 Å². The number of nitrogens with zero attached hydrogens (tertiary/aromatic N) is 3. The second-order valence-electron chi connectivity index (χ2n) is 4.54. The van der Waals surface area contributed by atoms with Crippen LogP contribution in [0.2, 0.25) is 0 Å². The standard InChI is InChI=1S/C13H18N4O3S/c1-3-17(8-11-6-4-5-7-14-11)21(19,20)13-12(9-18)10(2)15-16-13/h4-7,18H,3,8-9H2,1-2H3,(H,15,16). The molecule has 2 heterocycles. The number of aromatic amines is 1. The highest BCUT2D eigenvalue weighted by atomic mass is 32.2. The van der Waals surface area contributed by atoms with E-state index in [1.807, 2.05) is 0 Å². The van der Waals surface area contributed by atoms with Crippen LogP contribution in [-0.2, 0) is 23.2 Å². The first kappa shape index (κ1) is 15.6. The van der Waals surface area contributed by atoms with E-state index in [9.17, 15) is 13.5 Å². The molecule has 0 spiro atoms. The van der Waals surface area contributed by atoms with Crippen molar-refractivity contribution in [1.29, 1.82) is 0 Å². The Bertz CT molecular complexity index is 697. The van der Waals surface area contributed by atoms with E-state index < -0.39 is 10.0 Å². The zero-order chi connectivity index (χ0) is 15.5. The van der Waals surface area contributed by atoms with Crippen LogP contribution < -0.4 is 0 Å². The zero-order valence-electron chi connectivity index (χ0n) is 11.9. The molecule has 0 atom stereocenters. The smallest absolute Gasteiger partial charge is 0.263 e. The SMILES string of the molecule is CCN(Cc1ccccn1)S(=O)(=O)c1n[nH]c(C)c1CO. The third-order valence-electron chi connectivity index (χ3n) is 3.20. The van der Waals surface area contributed by atoms with E-state index in [2.05, 4.69) is 15.2 Å². The van der Waals surface area contributed by atoms with Gasteiger partial charge in [0.1, 0.15) is 0 Å². The third kappa shape index (κ3) is 3.12. The molecule has 0 bridgehead atoms. The van der Waals surface area contributed by atoms with Crippen LogP contribution in [0, 0.1) is 6.92 Å². The predicted molar refractivity (Wildman–Crippen MR) is 76.8 cm³/mol. The van der Waals surface area contributed by atoms with Crippen molar-refractivity contribution in [2.45, 2.75) is 32.0 Å². The Morgan fingerprint density at radius 1 is 1.38 bits per heavy atom. The first-order valence-electron chi connectivity index (χ1n) is 6.55. The molecule has 2 aromatic heterocycles. The van der Waals surface area contributed by atoms with E-state index in [1.54, 1.807) is 38.2 Å². The molecular formula is C13H18N4O3S. The average Bonchev–Trinajstić information content (AvgIpc) is 2.87. The maximum atomic E-state index is 12.7. The highest BCUT2D eigenvalue weighted by Crippen LogP contribution is 2.21. The Labute approximate surface area is 123 Å². The lowest BCUT2D eigenvalue weighted by Gasteiger charge is -2.19. The maximum absolute atomic E-state index is 12.7. The first-order chi connectivity index (χ1) is 10.0. The van der Waals surface area contributed by atoms with Crippen molar-refractivity contribution >= 4 is 10.0 Å². The fraction of sp³-hybridized carbons (Fsp3) is 0.385. The monoisotopic (exact) mass is 310 g/mol. The summed E-state index contributed by atoms with van der Waals surface area (Å²) in [6.07, 6.45) is 1.62. The van der Waals surface area contributed by atoms with Gasteiger partial charge in [-0.25, -0.2) is 8.42 Å². The van der Waals surface area contributed by atoms with Gasteiger partial charge >= 0.3 is 0 Å². The lowest BCUT2D eigenvalue weighted by atomic mass is 10.3. The molecular weight excluding hydrogens is 292 g/mol. The van der Waals surface area contributed by atoms with Gasteiger partial charge in [-0.15, -0.1) is 0 Å². The Kier molecular flexibility index (Phi) is 4.71. The number of aryl methyl sites for hydroxylation is 1. The van der Waals surface area contributed by atoms with Crippen molar-refractivity contribution in [3.05, 3.63) is 41.3 Å². The van der Waals surface area contributed by atoms with Gasteiger partial charge < -0.3 is 5.11 Å². The first-order valence-corrected chi connectivity index (χ1v) is 7.99. The number of H-pyrrole nitrogens is 1. The molecule has 2 rings (SSSR count). The van der Waals surface area contributed by atoms with Gasteiger partial charge in [-0.05, 0) is 19.1 Å². The van der Waals surface area contributed by atoms with Gasteiger partial charge in [0.05, 0.1) is 18.8 Å². The van der Waals surface area contributed by atoms with Crippen molar-refractivity contribution in [2.24, 2.45) is 0 Å². The van der Waals surface area contributed by atoms with E-state index in [0.29, 0.717) is 17.0 Å². The number of sulfonamides is 1. The highest BCUT2D eigenvalue weighted by molar-refractivity contribution is 7.89. The van der Waals surface area contributed by atoms with Crippen LogP contribution in [0.3, 0.4) is 0 Å². The van der Waals surface area contributed by atoms with Gasteiger partial charge in [0.25, 0.3) is 10.0 Å². The molecule has 0 fully saturated rings. The number of aliphatic hydroxyl groups excluding tert-OH is 1. The summed E-state index contributed by atoms with van der Waals surface area (Å²) in [4.78, 5) is 4.14. The summed E-state index contributed by atoms with van der Waals surface area (Å²) in [6, 6.07) is 5.34. The Morgan fingerprint density at radius 2 is 2.14 bits per heavy atom. The molecule has 0 unspecified atom stereocenters. The normalized spacial score (nSPS) is 12.0. The molecule has 0 aromatic carbocycles. The van der Waals surface area contributed by atoms with E-state index in [4.69, 9.17) is 0 Å². The third-order valence-corrected chi connectivity index (χ3v) is 5.09. The molecule has 0 aliphatic heterocycles. The van der Waals surface area contributed by atoms with Crippen LogP contribution in [0.25, 0.3) is 0 Å². The van der Waals surface area contributed by atoms with Gasteiger partial charge in [0, 0.05) is 24.0 Å². The fourth-order valence-electron chi connectivity index (χ4n) is 1.99. The number of pyridine rings is 1. The summed E-state index contributed by atoms with van der Waals surface area (Å²) >= 11 is 0. The fourth-order valence-corrected chi connectivity index (χ4v) is 3.57. The van der Waals surface area contributed by atoms with Crippen LogP contribution in [0.5, 0.6) is 0 Å². The number of rotatable bonds is 6. The minimum absolute atomic E-state index is 0.125. The second-order valence-corrected chi connectivity index (χ2v) is 6.40. The lowest BCUT2D eigenvalue weighted by molar-refractivity contribution is 0.277. The molecule has 0 amide bonds. The lowest BCUT2D eigenvalue weighted by Crippen LogP contribution is -2.31. The number of hydrogen-bond donors (Lipinski definition) is 2. The second kappa shape index (κ2) is 6.33. The summed E-state index contributed by atoms with van der Waals surface area (Å²) in [5, 5.41) is 15.7. The molecule has 2 aromatic rings. The summed E-state index contributed by atoms with van der Waals surface area (Å²) in [5.74, 6) is 0. The van der Waals surface area contributed by atoms with Crippen LogP contribution in [0.15, 0.2) is 29.4 Å². The summed E-state index contributed by atoms with van der Waals surface area (Å²) in [5.41, 5.74) is 1.50. The van der Waals surface area contributed by atoms with Crippen LogP contribution in [-0.4, -0.2) is 39.6 Å². The number of hydrogen-bond acceptors (Lipinski definition) is 5. The minimum Gasteiger partial charge on any atom is -0.392 e. The summed E-state index contributed by atoms with van der Waals surface area (Å²) in [7, 11) is -3.78. The molecule has 0 saturated heterocycles. The quantitative estimate of drug-likeness (QED) is 0.823. The number of aliphatic hydroxyl groups is 1. The molecule has 7 nitrogen and oxygen atoms in total. The van der Waals surface area contributed by atoms with Gasteiger partial charge in [-0.1, -0.05) is 13.0 Å². The number of aromatic nitrogens is 3. The molecule has 0 radical (unpaired) electrons. The summed E-state index contributed by atoms with van der Waals surface area (Å²) < 4.78 is 26.6. The van der Waals surface area contributed by atoms with Gasteiger partial charge in [0.15, 0.2) is 5.03 Å². The Balaban J connectivity index is 2.36. The van der Waals surface area contributed by atoms with E-state index in [-0.39, 0.29) is 24.7 Å². The van der Waals surface area contributed by atoms with Crippen LogP contribution in [0.4, 0.5) is 0 Å². The Hall–Kier alpha value is -1.77. The van der Waals surface area contributed by atoms with Crippen molar-refractivity contribution in [1.82, 2.24) is 19.5 Å².